The highest BCUT2D eigenvalue weighted by molar-refractivity contribution is 9.11. The van der Waals surface area contributed by atoms with Crippen LogP contribution in [-0.4, -0.2) is 5.97 Å². The Morgan fingerprint density at radius 2 is 1.61 bits per heavy atom. The van der Waals surface area contributed by atoms with Gasteiger partial charge < -0.3 is 4.74 Å². The van der Waals surface area contributed by atoms with Crippen LogP contribution in [0.2, 0.25) is 0 Å². The molecule has 0 saturated heterocycles. The van der Waals surface area contributed by atoms with Crippen molar-refractivity contribution in [2.45, 2.75) is 6.92 Å². The normalized spacial score (nSPS) is 10.2. The summed E-state index contributed by atoms with van der Waals surface area (Å²) in [6.45, 7) is 1.97. The molecule has 0 bridgehead atoms. The minimum atomic E-state index is -0.363. The molecule has 2 aromatic rings. The summed E-state index contributed by atoms with van der Waals surface area (Å²) in [5, 5.41) is 0. The summed E-state index contributed by atoms with van der Waals surface area (Å²) in [6, 6.07) is 12.5. The van der Waals surface area contributed by atoms with Crippen molar-refractivity contribution in [1.29, 1.82) is 0 Å². The van der Waals surface area contributed by atoms with E-state index in [9.17, 15) is 4.79 Å². The van der Waals surface area contributed by atoms with E-state index in [4.69, 9.17) is 4.74 Å². The van der Waals surface area contributed by atoms with Crippen LogP contribution in [0.15, 0.2) is 51.4 Å². The first-order valence-corrected chi connectivity index (χ1v) is 6.89. The third-order valence-electron chi connectivity index (χ3n) is 2.47. The van der Waals surface area contributed by atoms with Gasteiger partial charge >= 0.3 is 5.97 Å². The lowest BCUT2D eigenvalue weighted by Gasteiger charge is -2.08. The van der Waals surface area contributed by atoms with Gasteiger partial charge in [-0.15, -0.1) is 0 Å². The van der Waals surface area contributed by atoms with Crippen LogP contribution in [0.25, 0.3) is 0 Å². The second kappa shape index (κ2) is 5.67. The van der Waals surface area contributed by atoms with Crippen molar-refractivity contribution >= 4 is 37.8 Å². The number of hydrogen-bond acceptors (Lipinski definition) is 2. The number of ether oxygens (including phenoxy) is 1. The van der Waals surface area contributed by atoms with Gasteiger partial charge in [-0.3, -0.25) is 0 Å². The Balaban J connectivity index is 2.23. The molecule has 0 fully saturated rings. The maximum Gasteiger partial charge on any atom is 0.343 e. The topological polar surface area (TPSA) is 26.3 Å². The van der Waals surface area contributed by atoms with Crippen LogP contribution in [0.5, 0.6) is 5.75 Å². The molecule has 0 aliphatic carbocycles. The van der Waals surface area contributed by atoms with Crippen LogP contribution < -0.4 is 4.74 Å². The Bertz CT molecular complexity index is 557. The number of hydrogen-bond donors (Lipinski definition) is 0. The molecule has 0 aliphatic heterocycles. The number of halogens is 2. The molecular formula is C14H10Br2O2. The van der Waals surface area contributed by atoms with Crippen LogP contribution in [0, 0.1) is 6.92 Å². The highest BCUT2D eigenvalue weighted by atomic mass is 79.9. The third-order valence-corrected chi connectivity index (χ3v) is 4.12. The summed E-state index contributed by atoms with van der Waals surface area (Å²) in [5.41, 5.74) is 1.60. The van der Waals surface area contributed by atoms with Gasteiger partial charge in [-0.2, -0.15) is 0 Å². The first-order valence-electron chi connectivity index (χ1n) is 5.31. The zero-order valence-corrected chi connectivity index (χ0v) is 12.8. The molecule has 4 heteroatoms. The zero-order valence-electron chi connectivity index (χ0n) is 9.61. The van der Waals surface area contributed by atoms with E-state index in [-0.39, 0.29) is 5.97 Å². The lowest BCUT2D eigenvalue weighted by atomic mass is 10.2. The fourth-order valence-corrected chi connectivity index (χ4v) is 2.57. The zero-order chi connectivity index (χ0) is 13.1. The van der Waals surface area contributed by atoms with Gasteiger partial charge in [0.15, 0.2) is 0 Å². The summed E-state index contributed by atoms with van der Waals surface area (Å²) in [7, 11) is 0. The van der Waals surface area contributed by atoms with E-state index >= 15 is 0 Å². The average molecular weight is 370 g/mol. The Hall–Kier alpha value is -1.13. The van der Waals surface area contributed by atoms with Crippen LogP contribution in [0.1, 0.15) is 15.9 Å². The summed E-state index contributed by atoms with van der Waals surface area (Å²) in [5.74, 6) is 0.145. The Morgan fingerprint density at radius 1 is 1.06 bits per heavy atom. The monoisotopic (exact) mass is 368 g/mol. The molecule has 2 aromatic carbocycles. The van der Waals surface area contributed by atoms with Gasteiger partial charge in [0.25, 0.3) is 0 Å². The number of carbonyl (C=O) groups is 1. The molecule has 18 heavy (non-hydrogen) atoms. The van der Waals surface area contributed by atoms with Crippen molar-refractivity contribution in [2.75, 3.05) is 0 Å². The highest BCUT2D eigenvalue weighted by Crippen LogP contribution is 2.30. The van der Waals surface area contributed by atoms with Gasteiger partial charge in [-0.25, -0.2) is 4.79 Å². The van der Waals surface area contributed by atoms with Gasteiger partial charge in [-0.1, -0.05) is 50.1 Å². The van der Waals surface area contributed by atoms with Crippen molar-refractivity contribution in [1.82, 2.24) is 0 Å². The first kappa shape index (κ1) is 13.3. The van der Waals surface area contributed by atoms with Crippen LogP contribution in [0.3, 0.4) is 0 Å². The van der Waals surface area contributed by atoms with E-state index in [1.165, 1.54) is 0 Å². The van der Waals surface area contributed by atoms with Crippen LogP contribution in [-0.2, 0) is 0 Å². The van der Waals surface area contributed by atoms with Crippen molar-refractivity contribution in [2.24, 2.45) is 0 Å². The lowest BCUT2D eigenvalue weighted by Crippen LogP contribution is -2.08. The fourth-order valence-electron chi connectivity index (χ4n) is 1.42. The van der Waals surface area contributed by atoms with Gasteiger partial charge in [-0.05, 0) is 36.8 Å². The SMILES string of the molecule is Cc1c(Br)cc(OC(=O)c2ccccc2)cc1Br. The number of rotatable bonds is 2. The molecule has 0 amide bonds. The predicted molar refractivity (Wildman–Crippen MR) is 78.0 cm³/mol. The Morgan fingerprint density at radius 3 is 2.17 bits per heavy atom. The van der Waals surface area contributed by atoms with Crippen molar-refractivity contribution in [3.63, 3.8) is 0 Å². The largest absolute Gasteiger partial charge is 0.423 e. The lowest BCUT2D eigenvalue weighted by molar-refractivity contribution is 0.0734. The van der Waals surface area contributed by atoms with Crippen LogP contribution in [0.4, 0.5) is 0 Å². The molecule has 92 valence electrons. The Kier molecular flexibility index (Phi) is 4.19. The molecule has 2 rings (SSSR count). The standard InChI is InChI=1S/C14H10Br2O2/c1-9-12(15)7-11(8-13(9)16)18-14(17)10-5-3-2-4-6-10/h2-8H,1H3. The molecule has 0 atom stereocenters. The molecule has 0 radical (unpaired) electrons. The van der Waals surface area contributed by atoms with E-state index in [1.807, 2.05) is 13.0 Å². The van der Waals surface area contributed by atoms with Crippen molar-refractivity contribution < 1.29 is 9.53 Å². The van der Waals surface area contributed by atoms with E-state index in [0.29, 0.717) is 11.3 Å². The van der Waals surface area contributed by atoms with Gasteiger partial charge in [0.2, 0.25) is 0 Å². The van der Waals surface area contributed by atoms with E-state index in [0.717, 1.165) is 14.5 Å². The van der Waals surface area contributed by atoms with E-state index in [2.05, 4.69) is 31.9 Å². The van der Waals surface area contributed by atoms with E-state index < -0.39 is 0 Å². The molecule has 0 unspecified atom stereocenters. The van der Waals surface area contributed by atoms with E-state index in [1.54, 1.807) is 36.4 Å². The fraction of sp³-hybridized carbons (Fsp3) is 0.0714. The van der Waals surface area contributed by atoms with Gasteiger partial charge in [0, 0.05) is 8.95 Å². The number of benzene rings is 2. The molecule has 2 nitrogen and oxygen atoms in total. The molecule has 0 aromatic heterocycles. The summed E-state index contributed by atoms with van der Waals surface area (Å²) < 4.78 is 7.11. The summed E-state index contributed by atoms with van der Waals surface area (Å²) >= 11 is 6.84. The Labute approximate surface area is 122 Å². The molecular weight excluding hydrogens is 360 g/mol. The molecule has 0 heterocycles. The van der Waals surface area contributed by atoms with Crippen molar-refractivity contribution in [3.8, 4) is 5.75 Å². The summed E-state index contributed by atoms with van der Waals surface area (Å²) in [6.07, 6.45) is 0. The van der Waals surface area contributed by atoms with Crippen LogP contribution >= 0.6 is 31.9 Å². The molecule has 0 spiro atoms. The average Bonchev–Trinajstić information content (AvgIpc) is 2.37. The predicted octanol–water partition coefficient (Wildman–Crippen LogP) is 4.74. The highest BCUT2D eigenvalue weighted by Gasteiger charge is 2.10. The second-order valence-corrected chi connectivity index (χ2v) is 5.48. The molecule has 0 N–H and O–H groups in total. The third kappa shape index (κ3) is 3.00. The summed E-state index contributed by atoms with van der Waals surface area (Å²) in [4.78, 5) is 11.9. The molecule has 0 saturated carbocycles. The molecule has 0 aliphatic rings. The number of esters is 1. The number of carbonyl (C=O) groups excluding carboxylic acids is 1. The minimum Gasteiger partial charge on any atom is -0.423 e. The van der Waals surface area contributed by atoms with Gasteiger partial charge in [0.1, 0.15) is 5.75 Å². The van der Waals surface area contributed by atoms with Gasteiger partial charge in [0.05, 0.1) is 5.56 Å². The maximum atomic E-state index is 11.9. The van der Waals surface area contributed by atoms with Crippen molar-refractivity contribution in [3.05, 3.63) is 62.5 Å². The smallest absolute Gasteiger partial charge is 0.343 e. The maximum absolute atomic E-state index is 11.9. The second-order valence-electron chi connectivity index (χ2n) is 3.77. The minimum absolute atomic E-state index is 0.363. The quantitative estimate of drug-likeness (QED) is 0.564. The first-order chi connectivity index (χ1) is 8.58.